The highest BCUT2D eigenvalue weighted by Crippen LogP contribution is 2.34. The van der Waals surface area contributed by atoms with E-state index in [9.17, 15) is 4.79 Å². The van der Waals surface area contributed by atoms with Gasteiger partial charge in [0.2, 0.25) is 5.91 Å². The van der Waals surface area contributed by atoms with Crippen LogP contribution in [0.25, 0.3) is 11.4 Å². The molecule has 0 N–H and O–H groups in total. The lowest BCUT2D eigenvalue weighted by molar-refractivity contribution is -0.140. The molecule has 24 heavy (non-hydrogen) atoms. The zero-order valence-corrected chi connectivity index (χ0v) is 14.9. The molecule has 0 aliphatic carbocycles. The van der Waals surface area contributed by atoms with E-state index < -0.39 is 0 Å². The minimum Gasteiger partial charge on any atom is -0.334 e. The molecule has 1 atom stereocenters. The summed E-state index contributed by atoms with van der Waals surface area (Å²) >= 11 is 0. The lowest BCUT2D eigenvalue weighted by Gasteiger charge is -2.30. The van der Waals surface area contributed by atoms with Crippen LogP contribution in [0.15, 0.2) is 24.7 Å². The molecule has 1 aliphatic rings. The molecule has 1 fully saturated rings. The van der Waals surface area contributed by atoms with Crippen LogP contribution in [0.4, 0.5) is 0 Å². The van der Waals surface area contributed by atoms with Crippen LogP contribution in [0, 0.1) is 5.41 Å². The van der Waals surface area contributed by atoms with Crippen LogP contribution in [0.5, 0.6) is 0 Å². The third kappa shape index (κ3) is 3.05. The molecule has 6 heteroatoms. The van der Waals surface area contributed by atoms with Crippen molar-refractivity contribution in [2.45, 2.75) is 53.1 Å². The first-order chi connectivity index (χ1) is 11.4. The molecule has 0 saturated carbocycles. The quantitative estimate of drug-likeness (QED) is 0.869. The van der Waals surface area contributed by atoms with Crippen molar-refractivity contribution in [2.75, 3.05) is 6.54 Å². The molecule has 3 rings (SSSR count). The van der Waals surface area contributed by atoms with Gasteiger partial charge in [-0.2, -0.15) is 5.10 Å². The molecule has 6 nitrogen and oxygen atoms in total. The van der Waals surface area contributed by atoms with Gasteiger partial charge in [-0.05, 0) is 25.8 Å². The molecular weight excluding hydrogens is 302 g/mol. The molecular formula is C18H25N5O. The predicted molar refractivity (Wildman–Crippen MR) is 92.1 cm³/mol. The van der Waals surface area contributed by atoms with Gasteiger partial charge >= 0.3 is 0 Å². The average Bonchev–Trinajstić information content (AvgIpc) is 3.22. The van der Waals surface area contributed by atoms with E-state index in [1.165, 1.54) is 0 Å². The maximum Gasteiger partial charge on any atom is 0.228 e. The molecule has 128 valence electrons. The number of carbonyl (C=O) groups is 1. The fourth-order valence-corrected chi connectivity index (χ4v) is 3.22. The van der Waals surface area contributed by atoms with Gasteiger partial charge in [0.05, 0.1) is 29.8 Å². The minimum absolute atomic E-state index is 0.0159. The molecule has 0 aromatic carbocycles. The summed E-state index contributed by atoms with van der Waals surface area (Å²) in [5.41, 5.74) is 2.25. The molecule has 0 unspecified atom stereocenters. The van der Waals surface area contributed by atoms with Gasteiger partial charge in [-0.15, -0.1) is 0 Å². The highest BCUT2D eigenvalue weighted by Gasteiger charge is 2.36. The summed E-state index contributed by atoms with van der Waals surface area (Å²) in [7, 11) is 0. The maximum atomic E-state index is 12.7. The van der Waals surface area contributed by atoms with Crippen molar-refractivity contribution in [3.8, 4) is 11.4 Å². The monoisotopic (exact) mass is 327 g/mol. The molecule has 0 bridgehead atoms. The van der Waals surface area contributed by atoms with E-state index in [1.807, 2.05) is 36.4 Å². The number of nitrogens with zero attached hydrogens (tertiary/aromatic N) is 5. The van der Waals surface area contributed by atoms with Crippen molar-refractivity contribution in [3.05, 3.63) is 30.4 Å². The number of hydrogen-bond donors (Lipinski definition) is 0. The summed E-state index contributed by atoms with van der Waals surface area (Å²) in [6.45, 7) is 9.52. The van der Waals surface area contributed by atoms with Crippen LogP contribution in [0.1, 0.15) is 52.3 Å². The second-order valence-electron chi connectivity index (χ2n) is 7.27. The summed E-state index contributed by atoms with van der Waals surface area (Å²) in [5.74, 6) is 0.177. The minimum atomic E-state index is -0.380. The van der Waals surface area contributed by atoms with Gasteiger partial charge in [0.25, 0.3) is 0 Å². The molecule has 2 aromatic rings. The standard InChI is InChI=1S/C18H25N5O/c1-5-23-16(8-9-20-23)14-12-19-11-13(21-14)15-7-6-10-22(15)17(24)18(2,3)4/h8-9,11-12,15H,5-7,10H2,1-4H3/t15-/m0/s1. The number of rotatable bonds is 3. The Hall–Kier alpha value is -2.24. The lowest BCUT2D eigenvalue weighted by atomic mass is 9.94. The Bertz CT molecular complexity index is 731. The van der Waals surface area contributed by atoms with Crippen molar-refractivity contribution >= 4 is 5.91 Å². The normalized spacial score (nSPS) is 18.2. The second kappa shape index (κ2) is 6.34. The first-order valence-electron chi connectivity index (χ1n) is 8.57. The van der Waals surface area contributed by atoms with Gasteiger partial charge in [0, 0.05) is 24.7 Å². The first kappa shape index (κ1) is 16.6. The van der Waals surface area contributed by atoms with Crippen molar-refractivity contribution < 1.29 is 4.79 Å². The van der Waals surface area contributed by atoms with E-state index >= 15 is 0 Å². The Balaban J connectivity index is 1.92. The van der Waals surface area contributed by atoms with Gasteiger partial charge in [-0.3, -0.25) is 14.5 Å². The van der Waals surface area contributed by atoms with Crippen molar-refractivity contribution in [2.24, 2.45) is 5.41 Å². The highest BCUT2D eigenvalue weighted by molar-refractivity contribution is 5.82. The summed E-state index contributed by atoms with van der Waals surface area (Å²) in [6, 6.07) is 1.96. The largest absolute Gasteiger partial charge is 0.334 e. The highest BCUT2D eigenvalue weighted by atomic mass is 16.2. The zero-order valence-electron chi connectivity index (χ0n) is 14.9. The van der Waals surface area contributed by atoms with Crippen LogP contribution >= 0.6 is 0 Å². The average molecular weight is 327 g/mol. The number of aryl methyl sites for hydroxylation is 1. The van der Waals surface area contributed by atoms with E-state index in [2.05, 4.69) is 17.0 Å². The fraction of sp³-hybridized carbons (Fsp3) is 0.556. The number of aromatic nitrogens is 4. The number of carbonyl (C=O) groups excluding carboxylic acids is 1. The Morgan fingerprint density at radius 1 is 1.33 bits per heavy atom. The van der Waals surface area contributed by atoms with E-state index in [0.29, 0.717) is 0 Å². The van der Waals surface area contributed by atoms with Gasteiger partial charge in [0.1, 0.15) is 5.69 Å². The van der Waals surface area contributed by atoms with Crippen LogP contribution in [0.2, 0.25) is 0 Å². The topological polar surface area (TPSA) is 63.9 Å². The number of amides is 1. The number of hydrogen-bond acceptors (Lipinski definition) is 4. The Morgan fingerprint density at radius 2 is 2.12 bits per heavy atom. The summed E-state index contributed by atoms with van der Waals surface area (Å²) < 4.78 is 1.90. The van der Waals surface area contributed by atoms with E-state index in [-0.39, 0.29) is 17.4 Å². The molecule has 1 amide bonds. The Morgan fingerprint density at radius 3 is 2.83 bits per heavy atom. The molecule has 0 radical (unpaired) electrons. The van der Waals surface area contributed by atoms with Gasteiger partial charge in [-0.25, -0.2) is 4.98 Å². The number of likely N-dealkylation sites (tertiary alicyclic amines) is 1. The van der Waals surface area contributed by atoms with Crippen LogP contribution in [-0.4, -0.2) is 37.1 Å². The zero-order chi connectivity index (χ0) is 17.3. The third-order valence-electron chi connectivity index (χ3n) is 4.43. The molecule has 1 saturated heterocycles. The van der Waals surface area contributed by atoms with Crippen molar-refractivity contribution in [1.29, 1.82) is 0 Å². The van der Waals surface area contributed by atoms with E-state index in [0.717, 1.165) is 43.0 Å². The van der Waals surface area contributed by atoms with Gasteiger partial charge in [0.15, 0.2) is 0 Å². The molecule has 0 spiro atoms. The first-order valence-corrected chi connectivity index (χ1v) is 8.57. The van der Waals surface area contributed by atoms with Gasteiger partial charge in [-0.1, -0.05) is 20.8 Å². The van der Waals surface area contributed by atoms with E-state index in [1.54, 1.807) is 18.6 Å². The SMILES string of the molecule is CCn1nccc1-c1cncc([C@@H]2CCCN2C(=O)C(C)(C)C)n1. The summed E-state index contributed by atoms with van der Waals surface area (Å²) in [6.07, 6.45) is 7.27. The Labute approximate surface area is 142 Å². The smallest absolute Gasteiger partial charge is 0.228 e. The van der Waals surface area contributed by atoms with Crippen LogP contribution in [-0.2, 0) is 11.3 Å². The van der Waals surface area contributed by atoms with Gasteiger partial charge < -0.3 is 4.90 Å². The fourth-order valence-electron chi connectivity index (χ4n) is 3.22. The molecule has 2 aromatic heterocycles. The van der Waals surface area contributed by atoms with E-state index in [4.69, 9.17) is 4.98 Å². The molecule has 1 aliphatic heterocycles. The lowest BCUT2D eigenvalue weighted by Crippen LogP contribution is -2.39. The summed E-state index contributed by atoms with van der Waals surface area (Å²) in [4.78, 5) is 23.9. The van der Waals surface area contributed by atoms with Crippen LogP contribution in [0.3, 0.4) is 0 Å². The van der Waals surface area contributed by atoms with Crippen LogP contribution < -0.4 is 0 Å². The Kier molecular flexibility index (Phi) is 4.39. The summed E-state index contributed by atoms with van der Waals surface area (Å²) in [5, 5.41) is 4.30. The molecule has 3 heterocycles. The maximum absolute atomic E-state index is 12.7. The van der Waals surface area contributed by atoms with Crippen molar-refractivity contribution in [1.82, 2.24) is 24.6 Å². The predicted octanol–water partition coefficient (Wildman–Crippen LogP) is 3.07. The second-order valence-corrected chi connectivity index (χ2v) is 7.27. The third-order valence-corrected chi connectivity index (χ3v) is 4.43. The van der Waals surface area contributed by atoms with Crippen molar-refractivity contribution in [3.63, 3.8) is 0 Å².